The zero-order chi connectivity index (χ0) is 44.5. The molecule has 6 nitrogen and oxygen atoms in total. The molecule has 0 aromatic heterocycles. The van der Waals surface area contributed by atoms with Gasteiger partial charge < -0.3 is 20.3 Å². The molecule has 6 heteroatoms. The molecule has 350 valence electrons. The van der Waals surface area contributed by atoms with Crippen molar-refractivity contribution in [1.29, 1.82) is 0 Å². The molecule has 0 aliphatic carbocycles. The second-order valence-electron chi connectivity index (χ2n) is 16.9. The lowest BCUT2D eigenvalue weighted by molar-refractivity contribution is -0.151. The van der Waals surface area contributed by atoms with Crippen LogP contribution in [0.3, 0.4) is 0 Å². The highest BCUT2D eigenvalue weighted by Crippen LogP contribution is 2.16. The van der Waals surface area contributed by atoms with Crippen molar-refractivity contribution in [3.63, 3.8) is 0 Å². The molecule has 1 amide bonds. The van der Waals surface area contributed by atoms with Gasteiger partial charge in [-0.1, -0.05) is 215 Å². The molecular weight excluding hydrogens is 755 g/mol. The van der Waals surface area contributed by atoms with Crippen molar-refractivity contribution in [3.8, 4) is 0 Å². The van der Waals surface area contributed by atoms with Gasteiger partial charge in [-0.15, -0.1) is 0 Å². The summed E-state index contributed by atoms with van der Waals surface area (Å²) in [6.45, 7) is 6.32. The van der Waals surface area contributed by atoms with Crippen LogP contribution in [0.4, 0.5) is 0 Å². The molecule has 0 fully saturated rings. The number of carbonyl (C=O) groups is 2. The molecule has 0 heterocycles. The molecular formula is C55H95NO5. The highest BCUT2D eigenvalue weighted by Gasteiger charge is 2.24. The summed E-state index contributed by atoms with van der Waals surface area (Å²) in [6, 6.07) is -0.730. The average Bonchev–Trinajstić information content (AvgIpc) is 3.25. The number of esters is 1. The Balaban J connectivity index is 4.76. The zero-order valence-corrected chi connectivity index (χ0v) is 39.8. The van der Waals surface area contributed by atoms with E-state index in [1.807, 2.05) is 0 Å². The first-order valence-electron chi connectivity index (χ1n) is 25.3. The largest absolute Gasteiger partial charge is 0.462 e. The van der Waals surface area contributed by atoms with Crippen LogP contribution in [-0.4, -0.2) is 46.9 Å². The van der Waals surface area contributed by atoms with Crippen molar-refractivity contribution >= 4 is 11.9 Å². The van der Waals surface area contributed by atoms with E-state index in [1.165, 1.54) is 96.3 Å². The van der Waals surface area contributed by atoms with Crippen molar-refractivity contribution in [2.24, 2.45) is 0 Å². The quantitative estimate of drug-likeness (QED) is 0.0246. The van der Waals surface area contributed by atoms with Crippen molar-refractivity contribution < 1.29 is 24.5 Å². The Hall–Kier alpha value is -2.96. The van der Waals surface area contributed by atoms with Crippen LogP contribution in [0.1, 0.15) is 226 Å². The zero-order valence-electron chi connectivity index (χ0n) is 39.8. The van der Waals surface area contributed by atoms with Gasteiger partial charge in [-0.2, -0.15) is 0 Å². The fourth-order valence-electron chi connectivity index (χ4n) is 7.17. The van der Waals surface area contributed by atoms with E-state index >= 15 is 0 Å². The SMILES string of the molecule is CC/C=C\C/C=C\C/C=C\C/C=C\C/C=C\CCCC(=O)OC(CCC/C=C/C=C/CCCCCCCCC)CC(=O)NC(CO)C(O)CCCCCCCCCCCCC. The van der Waals surface area contributed by atoms with Gasteiger partial charge in [0.25, 0.3) is 0 Å². The number of ether oxygens (including phenoxy) is 1. The topological polar surface area (TPSA) is 95.9 Å². The number of aliphatic hydroxyl groups excluding tert-OH is 2. The summed E-state index contributed by atoms with van der Waals surface area (Å²) in [7, 11) is 0. The minimum atomic E-state index is -0.812. The molecule has 0 saturated carbocycles. The Morgan fingerprint density at radius 1 is 0.508 bits per heavy atom. The molecule has 3 atom stereocenters. The summed E-state index contributed by atoms with van der Waals surface area (Å²) in [5.41, 5.74) is 0. The summed E-state index contributed by atoms with van der Waals surface area (Å²) in [5.74, 6) is -0.596. The molecule has 3 unspecified atom stereocenters. The second kappa shape index (κ2) is 48.1. The van der Waals surface area contributed by atoms with Gasteiger partial charge >= 0.3 is 5.97 Å². The lowest BCUT2D eigenvalue weighted by atomic mass is 10.0. The number of carbonyl (C=O) groups excluding carboxylic acids is 2. The van der Waals surface area contributed by atoms with Crippen LogP contribution in [0.2, 0.25) is 0 Å². The van der Waals surface area contributed by atoms with Crippen molar-refractivity contribution in [2.75, 3.05) is 6.61 Å². The maximum absolute atomic E-state index is 13.2. The van der Waals surface area contributed by atoms with Crippen LogP contribution in [0.5, 0.6) is 0 Å². The summed E-state index contributed by atoms with van der Waals surface area (Å²) in [6.07, 6.45) is 62.2. The predicted molar refractivity (Wildman–Crippen MR) is 264 cm³/mol. The number of unbranched alkanes of at least 4 members (excludes halogenated alkanes) is 19. The summed E-state index contributed by atoms with van der Waals surface area (Å²) < 4.78 is 5.87. The number of hydrogen-bond donors (Lipinski definition) is 3. The van der Waals surface area contributed by atoms with Gasteiger partial charge in [0.1, 0.15) is 6.10 Å². The minimum absolute atomic E-state index is 0.0181. The van der Waals surface area contributed by atoms with E-state index < -0.39 is 18.2 Å². The normalized spacial score (nSPS) is 14.0. The molecule has 0 aromatic rings. The van der Waals surface area contributed by atoms with Gasteiger partial charge in [-0.3, -0.25) is 9.59 Å². The predicted octanol–water partition coefficient (Wildman–Crippen LogP) is 15.2. The highest BCUT2D eigenvalue weighted by molar-refractivity contribution is 5.77. The summed E-state index contributed by atoms with van der Waals surface area (Å²) in [4.78, 5) is 26.1. The van der Waals surface area contributed by atoms with Crippen LogP contribution in [0, 0.1) is 0 Å². The lowest BCUT2D eigenvalue weighted by Crippen LogP contribution is -2.46. The van der Waals surface area contributed by atoms with Crippen LogP contribution < -0.4 is 5.32 Å². The molecule has 0 spiro atoms. The smallest absolute Gasteiger partial charge is 0.306 e. The van der Waals surface area contributed by atoms with Crippen molar-refractivity contribution in [2.45, 2.75) is 244 Å². The van der Waals surface area contributed by atoms with Gasteiger partial charge in [0.15, 0.2) is 0 Å². The van der Waals surface area contributed by atoms with Crippen LogP contribution in [0.15, 0.2) is 85.1 Å². The molecule has 0 saturated heterocycles. The summed E-state index contributed by atoms with van der Waals surface area (Å²) in [5, 5.41) is 23.7. The Labute approximate surface area is 376 Å². The molecule has 0 aromatic carbocycles. The van der Waals surface area contributed by atoms with Gasteiger partial charge in [-0.25, -0.2) is 0 Å². The number of hydrogen-bond acceptors (Lipinski definition) is 5. The fourth-order valence-corrected chi connectivity index (χ4v) is 7.17. The van der Waals surface area contributed by atoms with Crippen LogP contribution >= 0.6 is 0 Å². The third-order valence-electron chi connectivity index (χ3n) is 11.0. The first-order chi connectivity index (χ1) is 30.0. The van der Waals surface area contributed by atoms with Gasteiger partial charge in [0.2, 0.25) is 5.91 Å². The maximum atomic E-state index is 13.2. The Morgan fingerprint density at radius 3 is 1.46 bits per heavy atom. The Kier molecular flexibility index (Phi) is 45.7. The monoisotopic (exact) mass is 850 g/mol. The summed E-state index contributed by atoms with van der Waals surface area (Å²) >= 11 is 0. The number of aliphatic hydroxyl groups is 2. The molecule has 0 bridgehead atoms. The Bertz CT molecular complexity index is 1180. The van der Waals surface area contributed by atoms with Crippen molar-refractivity contribution in [1.82, 2.24) is 5.32 Å². The highest BCUT2D eigenvalue weighted by atomic mass is 16.5. The second-order valence-corrected chi connectivity index (χ2v) is 16.9. The van der Waals surface area contributed by atoms with E-state index in [1.54, 1.807) is 0 Å². The van der Waals surface area contributed by atoms with E-state index in [-0.39, 0.29) is 24.9 Å². The average molecular weight is 850 g/mol. The van der Waals surface area contributed by atoms with E-state index in [9.17, 15) is 19.8 Å². The molecule has 0 radical (unpaired) electrons. The minimum Gasteiger partial charge on any atom is -0.462 e. The van der Waals surface area contributed by atoms with E-state index in [0.717, 1.165) is 77.0 Å². The van der Waals surface area contributed by atoms with E-state index in [4.69, 9.17) is 4.74 Å². The van der Waals surface area contributed by atoms with Crippen molar-refractivity contribution in [3.05, 3.63) is 85.1 Å². The first-order valence-corrected chi connectivity index (χ1v) is 25.3. The maximum Gasteiger partial charge on any atom is 0.306 e. The number of rotatable bonds is 44. The van der Waals surface area contributed by atoms with Crippen LogP contribution in [-0.2, 0) is 14.3 Å². The molecule has 0 rings (SSSR count). The fraction of sp³-hybridized carbons (Fsp3) is 0.709. The third-order valence-corrected chi connectivity index (χ3v) is 11.0. The van der Waals surface area contributed by atoms with E-state index in [2.05, 4.69) is 111 Å². The standard InChI is InChI=1S/C55H95NO5/c1-4-7-10-13-16-19-22-24-26-27-28-30-33-36-39-42-45-48-55(60)61-51(46-43-40-37-34-32-29-25-23-20-17-14-11-8-5-2)49-54(59)56-52(50-57)53(58)47-44-41-38-35-31-21-18-15-12-9-6-3/h7,10,16,19,24,26,28-30,32,34,36-37,39,51-53,57-58H,4-6,8-9,11-15,17-18,20-23,25,27,31,33,35,38,40-50H2,1-3H3,(H,56,59)/b10-7-,19-16-,26-24-,30-28-,32-29+,37-34+,39-36-. The Morgan fingerprint density at radius 2 is 0.951 bits per heavy atom. The number of nitrogens with one attached hydrogen (secondary N) is 1. The first kappa shape index (κ1) is 58.0. The van der Waals surface area contributed by atoms with Crippen LogP contribution in [0.25, 0.3) is 0 Å². The van der Waals surface area contributed by atoms with Gasteiger partial charge in [-0.05, 0) is 83.5 Å². The van der Waals surface area contributed by atoms with Gasteiger partial charge in [0, 0.05) is 6.42 Å². The lowest BCUT2D eigenvalue weighted by Gasteiger charge is -2.24. The third kappa shape index (κ3) is 43.5. The molecule has 61 heavy (non-hydrogen) atoms. The van der Waals surface area contributed by atoms with Gasteiger partial charge in [0.05, 0.1) is 25.2 Å². The number of allylic oxidation sites excluding steroid dienone is 14. The molecule has 0 aliphatic rings. The number of amides is 1. The molecule has 0 aliphatic heterocycles. The van der Waals surface area contributed by atoms with E-state index in [0.29, 0.717) is 25.7 Å². The molecule has 3 N–H and O–H groups in total.